The van der Waals surface area contributed by atoms with Crippen LogP contribution in [0.1, 0.15) is 46.0 Å². The Kier molecular flexibility index (Phi) is 5.69. The van der Waals surface area contributed by atoms with Gasteiger partial charge in [0.2, 0.25) is 0 Å². The molecular weight excluding hydrogens is 208 g/mol. The molecule has 3 heteroatoms. The number of ketones is 1. The Bertz CT molecular complexity index is 198. The van der Waals surface area contributed by atoms with Crippen LogP contribution in [-0.2, 0) is 4.79 Å². The van der Waals surface area contributed by atoms with Gasteiger partial charge in [-0.3, -0.25) is 4.79 Å². The van der Waals surface area contributed by atoms with E-state index in [4.69, 9.17) is 0 Å². The van der Waals surface area contributed by atoms with Crippen molar-refractivity contribution in [3.63, 3.8) is 0 Å². The molecule has 0 spiro atoms. The number of carbonyl (C=O) groups excluding carboxylic acids is 1. The second-order valence-corrected chi connectivity index (χ2v) is 5.92. The van der Waals surface area contributed by atoms with Crippen molar-refractivity contribution in [3.8, 4) is 0 Å². The van der Waals surface area contributed by atoms with E-state index in [9.17, 15) is 9.90 Å². The summed E-state index contributed by atoms with van der Waals surface area (Å²) in [5.41, 5.74) is 0. The molecule has 2 unspecified atom stereocenters. The van der Waals surface area contributed by atoms with Crippen molar-refractivity contribution < 1.29 is 9.90 Å². The zero-order chi connectivity index (χ0) is 11.3. The minimum Gasteiger partial charge on any atom is -0.392 e. The molecule has 1 rings (SSSR count). The molecule has 0 saturated heterocycles. The number of thioether (sulfide) groups is 1. The van der Waals surface area contributed by atoms with Gasteiger partial charge >= 0.3 is 0 Å². The lowest BCUT2D eigenvalue weighted by molar-refractivity contribution is -0.121. The summed E-state index contributed by atoms with van der Waals surface area (Å²) in [6, 6.07) is 0. The third-order valence-electron chi connectivity index (χ3n) is 3.23. The third kappa shape index (κ3) is 4.56. The van der Waals surface area contributed by atoms with Gasteiger partial charge < -0.3 is 5.11 Å². The van der Waals surface area contributed by atoms with Crippen LogP contribution in [0.3, 0.4) is 0 Å². The van der Waals surface area contributed by atoms with Crippen LogP contribution in [0.2, 0.25) is 0 Å². The van der Waals surface area contributed by atoms with Gasteiger partial charge in [-0.05, 0) is 19.8 Å². The van der Waals surface area contributed by atoms with E-state index in [0.29, 0.717) is 17.5 Å². The Hall–Kier alpha value is -0.0200. The van der Waals surface area contributed by atoms with Crippen molar-refractivity contribution in [1.29, 1.82) is 0 Å². The van der Waals surface area contributed by atoms with Crippen molar-refractivity contribution in [2.45, 2.75) is 57.3 Å². The summed E-state index contributed by atoms with van der Waals surface area (Å²) < 4.78 is 0. The van der Waals surface area contributed by atoms with Gasteiger partial charge in [0.15, 0.2) is 0 Å². The quantitative estimate of drug-likeness (QED) is 0.789. The Morgan fingerprint density at radius 2 is 1.93 bits per heavy atom. The van der Waals surface area contributed by atoms with Crippen molar-refractivity contribution >= 4 is 17.5 Å². The molecule has 0 aromatic rings. The van der Waals surface area contributed by atoms with Crippen LogP contribution < -0.4 is 0 Å². The second kappa shape index (κ2) is 6.54. The molecule has 1 aliphatic carbocycles. The molecule has 0 radical (unpaired) electrons. The Morgan fingerprint density at radius 3 is 2.47 bits per heavy atom. The van der Waals surface area contributed by atoms with E-state index < -0.39 is 0 Å². The average Bonchev–Trinajstić information content (AvgIpc) is 2.26. The monoisotopic (exact) mass is 230 g/mol. The van der Waals surface area contributed by atoms with Crippen molar-refractivity contribution in [1.82, 2.24) is 0 Å². The molecule has 0 aliphatic heterocycles. The molecule has 1 fully saturated rings. The molecule has 2 atom stereocenters. The van der Waals surface area contributed by atoms with Crippen LogP contribution in [0, 0.1) is 5.92 Å². The van der Waals surface area contributed by atoms with Crippen LogP contribution in [0.4, 0.5) is 0 Å². The normalized spacial score (nSPS) is 22.3. The van der Waals surface area contributed by atoms with Gasteiger partial charge in [0, 0.05) is 11.2 Å². The maximum Gasteiger partial charge on any atom is 0.145 e. The molecule has 0 heterocycles. The zero-order valence-electron chi connectivity index (χ0n) is 9.74. The summed E-state index contributed by atoms with van der Waals surface area (Å²) in [6.45, 7) is 3.76. The van der Waals surface area contributed by atoms with Gasteiger partial charge in [-0.1, -0.05) is 26.2 Å². The van der Waals surface area contributed by atoms with Gasteiger partial charge in [-0.25, -0.2) is 0 Å². The van der Waals surface area contributed by atoms with Gasteiger partial charge in [-0.15, -0.1) is 11.8 Å². The first-order valence-electron chi connectivity index (χ1n) is 5.93. The van der Waals surface area contributed by atoms with E-state index in [2.05, 4.69) is 0 Å². The highest BCUT2D eigenvalue weighted by Gasteiger charge is 2.21. The molecule has 1 N–H and O–H groups in total. The Balaban J connectivity index is 2.22. The van der Waals surface area contributed by atoms with Crippen LogP contribution in [-0.4, -0.2) is 28.0 Å². The number of aliphatic hydroxyl groups is 1. The molecule has 1 aliphatic rings. The largest absolute Gasteiger partial charge is 0.392 e. The number of aliphatic hydroxyl groups excluding tert-OH is 1. The summed E-state index contributed by atoms with van der Waals surface area (Å²) in [7, 11) is 0. The van der Waals surface area contributed by atoms with E-state index in [-0.39, 0.29) is 11.4 Å². The highest BCUT2D eigenvalue weighted by Crippen LogP contribution is 2.26. The summed E-state index contributed by atoms with van der Waals surface area (Å²) in [6.07, 6.45) is 5.57. The zero-order valence-corrected chi connectivity index (χ0v) is 10.6. The average molecular weight is 230 g/mol. The van der Waals surface area contributed by atoms with E-state index in [1.165, 1.54) is 19.3 Å². The van der Waals surface area contributed by atoms with Gasteiger partial charge in [0.1, 0.15) is 5.78 Å². The van der Waals surface area contributed by atoms with Crippen molar-refractivity contribution in [2.75, 3.05) is 5.75 Å². The number of Topliss-reactive ketones (excluding diaryl/α,β-unsaturated/α-hetero) is 1. The molecule has 2 nitrogen and oxygen atoms in total. The standard InChI is InChI=1S/C12H22O2S/c1-9(13)10(2)15-8-12(14)11-6-4-3-5-7-11/h9-11,13H,3-8H2,1-2H3. The first-order chi connectivity index (χ1) is 7.11. The number of hydrogen-bond donors (Lipinski definition) is 1. The first-order valence-corrected chi connectivity index (χ1v) is 6.98. The lowest BCUT2D eigenvalue weighted by Gasteiger charge is -2.21. The molecular formula is C12H22O2S. The maximum absolute atomic E-state index is 11.8. The molecule has 0 aromatic carbocycles. The first kappa shape index (κ1) is 13.0. The smallest absolute Gasteiger partial charge is 0.145 e. The fraction of sp³-hybridized carbons (Fsp3) is 0.917. The molecule has 15 heavy (non-hydrogen) atoms. The maximum atomic E-state index is 11.8. The molecule has 0 amide bonds. The van der Waals surface area contributed by atoms with Crippen molar-refractivity contribution in [3.05, 3.63) is 0 Å². The van der Waals surface area contributed by atoms with Crippen LogP contribution in [0.15, 0.2) is 0 Å². The topological polar surface area (TPSA) is 37.3 Å². The summed E-state index contributed by atoms with van der Waals surface area (Å²) >= 11 is 1.59. The second-order valence-electron chi connectivity index (χ2n) is 4.56. The van der Waals surface area contributed by atoms with Crippen LogP contribution in [0.25, 0.3) is 0 Å². The summed E-state index contributed by atoms with van der Waals surface area (Å²) in [5.74, 6) is 1.29. The number of carbonyl (C=O) groups is 1. The minimum atomic E-state index is -0.325. The third-order valence-corrected chi connectivity index (χ3v) is 4.60. The fourth-order valence-electron chi connectivity index (χ4n) is 1.90. The molecule has 0 bridgehead atoms. The summed E-state index contributed by atoms with van der Waals surface area (Å²) in [4.78, 5) is 11.8. The van der Waals surface area contributed by atoms with Gasteiger partial charge in [0.25, 0.3) is 0 Å². The molecule has 88 valence electrons. The molecule has 1 saturated carbocycles. The van der Waals surface area contributed by atoms with E-state index in [1.54, 1.807) is 18.7 Å². The predicted octanol–water partition coefficient (Wildman–Crippen LogP) is 2.64. The van der Waals surface area contributed by atoms with Gasteiger partial charge in [0.05, 0.1) is 11.9 Å². The number of hydrogen-bond acceptors (Lipinski definition) is 3. The SMILES string of the molecule is CC(O)C(C)SCC(=O)C1CCCCC1. The Morgan fingerprint density at radius 1 is 1.33 bits per heavy atom. The lowest BCUT2D eigenvalue weighted by atomic mass is 9.87. The number of rotatable bonds is 5. The van der Waals surface area contributed by atoms with Crippen LogP contribution in [0.5, 0.6) is 0 Å². The van der Waals surface area contributed by atoms with E-state index in [1.807, 2.05) is 6.92 Å². The van der Waals surface area contributed by atoms with Gasteiger partial charge in [-0.2, -0.15) is 0 Å². The van der Waals surface area contributed by atoms with E-state index >= 15 is 0 Å². The highest BCUT2D eigenvalue weighted by molar-refractivity contribution is 8.00. The molecule has 0 aromatic heterocycles. The minimum absolute atomic E-state index is 0.164. The Labute approximate surface area is 96.8 Å². The van der Waals surface area contributed by atoms with Crippen molar-refractivity contribution in [2.24, 2.45) is 5.92 Å². The lowest BCUT2D eigenvalue weighted by Crippen LogP contribution is -2.23. The fourth-order valence-corrected chi connectivity index (χ4v) is 2.84. The summed E-state index contributed by atoms with van der Waals surface area (Å²) in [5, 5.41) is 9.48. The highest BCUT2D eigenvalue weighted by atomic mass is 32.2. The van der Waals surface area contributed by atoms with E-state index in [0.717, 1.165) is 12.8 Å². The predicted molar refractivity (Wildman–Crippen MR) is 65.2 cm³/mol. The van der Waals surface area contributed by atoms with Crippen LogP contribution >= 0.6 is 11.8 Å².